The van der Waals surface area contributed by atoms with E-state index in [2.05, 4.69) is 30.6 Å². The van der Waals surface area contributed by atoms with E-state index < -0.39 is 0 Å². The average Bonchev–Trinajstić information content (AvgIpc) is 3.08. The van der Waals surface area contributed by atoms with Crippen LogP contribution in [0.4, 0.5) is 0 Å². The van der Waals surface area contributed by atoms with Crippen LogP contribution < -0.4 is 5.32 Å². The van der Waals surface area contributed by atoms with Crippen molar-refractivity contribution in [3.05, 3.63) is 12.7 Å². The Balaban J connectivity index is 2.30. The summed E-state index contributed by atoms with van der Waals surface area (Å²) in [7, 11) is 0. The Labute approximate surface area is 99.5 Å². The highest BCUT2D eigenvalue weighted by Crippen LogP contribution is 2.19. The van der Waals surface area contributed by atoms with E-state index in [0.717, 1.165) is 25.7 Å². The zero-order valence-electron chi connectivity index (χ0n) is 10.7. The number of hydrogen-bond acceptors (Lipinski definition) is 3. The van der Waals surface area contributed by atoms with Crippen LogP contribution >= 0.6 is 0 Å². The third-order valence-corrected chi connectivity index (χ3v) is 3.46. The first-order valence-corrected chi connectivity index (χ1v) is 6.38. The summed E-state index contributed by atoms with van der Waals surface area (Å²) in [5.41, 5.74) is 0. The van der Waals surface area contributed by atoms with E-state index in [4.69, 9.17) is 5.11 Å². The summed E-state index contributed by atoms with van der Waals surface area (Å²) >= 11 is 0. The van der Waals surface area contributed by atoms with Crippen LogP contribution in [0.2, 0.25) is 0 Å². The minimum atomic E-state index is 0.223. The highest BCUT2D eigenvalue weighted by Gasteiger charge is 2.24. The predicted molar refractivity (Wildman–Crippen MR) is 68.5 cm³/mol. The van der Waals surface area contributed by atoms with E-state index in [1.165, 1.54) is 12.8 Å². The van der Waals surface area contributed by atoms with Crippen LogP contribution in [-0.2, 0) is 0 Å². The molecular weight excluding hydrogens is 200 g/mol. The van der Waals surface area contributed by atoms with Crippen LogP contribution in [-0.4, -0.2) is 48.3 Å². The molecule has 0 aromatic carbocycles. The lowest BCUT2D eigenvalue weighted by Gasteiger charge is -2.32. The first-order chi connectivity index (χ1) is 7.69. The first-order valence-electron chi connectivity index (χ1n) is 6.38. The summed E-state index contributed by atoms with van der Waals surface area (Å²) in [6.07, 6.45) is 4.59. The number of aliphatic hydroxyl groups is 1. The summed E-state index contributed by atoms with van der Waals surface area (Å²) in [4.78, 5) is 2.28. The van der Waals surface area contributed by atoms with E-state index in [1.807, 2.05) is 6.08 Å². The van der Waals surface area contributed by atoms with E-state index in [9.17, 15) is 0 Å². The third kappa shape index (κ3) is 4.64. The smallest absolute Gasteiger partial charge is 0.0558 e. The number of nitrogens with one attached hydrogen (secondary N) is 1. The SMILES string of the molecule is C=CCN(CCO)C(C)C(C)CNC1CC1. The van der Waals surface area contributed by atoms with Gasteiger partial charge >= 0.3 is 0 Å². The van der Waals surface area contributed by atoms with Gasteiger partial charge in [0.1, 0.15) is 0 Å². The zero-order valence-corrected chi connectivity index (χ0v) is 10.7. The topological polar surface area (TPSA) is 35.5 Å². The molecule has 2 N–H and O–H groups in total. The van der Waals surface area contributed by atoms with Gasteiger partial charge in [0.15, 0.2) is 0 Å². The molecule has 1 fully saturated rings. The van der Waals surface area contributed by atoms with Gasteiger partial charge < -0.3 is 10.4 Å². The maximum absolute atomic E-state index is 9.03. The van der Waals surface area contributed by atoms with Crippen molar-refractivity contribution in [3.8, 4) is 0 Å². The molecule has 94 valence electrons. The van der Waals surface area contributed by atoms with Crippen molar-refractivity contribution >= 4 is 0 Å². The molecule has 1 rings (SSSR count). The van der Waals surface area contributed by atoms with Gasteiger partial charge in [-0.15, -0.1) is 6.58 Å². The van der Waals surface area contributed by atoms with Crippen LogP contribution in [0.3, 0.4) is 0 Å². The molecule has 0 aliphatic heterocycles. The zero-order chi connectivity index (χ0) is 12.0. The molecule has 0 saturated heterocycles. The van der Waals surface area contributed by atoms with Gasteiger partial charge in [-0.3, -0.25) is 4.90 Å². The molecule has 0 bridgehead atoms. The van der Waals surface area contributed by atoms with Crippen molar-refractivity contribution in [1.82, 2.24) is 10.2 Å². The van der Waals surface area contributed by atoms with Crippen LogP contribution in [0.5, 0.6) is 0 Å². The number of nitrogens with zero attached hydrogens (tertiary/aromatic N) is 1. The molecule has 1 aliphatic rings. The normalized spacial score (nSPS) is 19.8. The monoisotopic (exact) mass is 226 g/mol. The summed E-state index contributed by atoms with van der Waals surface area (Å²) in [5.74, 6) is 0.604. The Morgan fingerprint density at radius 1 is 1.50 bits per heavy atom. The van der Waals surface area contributed by atoms with Gasteiger partial charge in [0.25, 0.3) is 0 Å². The lowest BCUT2D eigenvalue weighted by Crippen LogP contribution is -2.43. The van der Waals surface area contributed by atoms with E-state index in [0.29, 0.717) is 12.0 Å². The molecule has 0 radical (unpaired) electrons. The summed E-state index contributed by atoms with van der Waals surface area (Å²) in [5, 5.41) is 12.6. The minimum Gasteiger partial charge on any atom is -0.395 e. The fourth-order valence-corrected chi connectivity index (χ4v) is 1.93. The molecule has 0 amide bonds. The number of hydrogen-bond donors (Lipinski definition) is 2. The maximum atomic E-state index is 9.03. The van der Waals surface area contributed by atoms with Crippen molar-refractivity contribution in [3.63, 3.8) is 0 Å². The Morgan fingerprint density at radius 3 is 2.69 bits per heavy atom. The minimum absolute atomic E-state index is 0.223. The molecule has 0 aromatic rings. The fourth-order valence-electron chi connectivity index (χ4n) is 1.93. The molecular formula is C13H26N2O. The van der Waals surface area contributed by atoms with Gasteiger partial charge in [0.05, 0.1) is 6.61 Å². The third-order valence-electron chi connectivity index (χ3n) is 3.46. The lowest BCUT2D eigenvalue weighted by molar-refractivity contribution is 0.139. The Bertz CT molecular complexity index is 204. The van der Waals surface area contributed by atoms with Gasteiger partial charge in [0.2, 0.25) is 0 Å². The van der Waals surface area contributed by atoms with Crippen molar-refractivity contribution < 1.29 is 5.11 Å². The van der Waals surface area contributed by atoms with E-state index >= 15 is 0 Å². The van der Waals surface area contributed by atoms with Gasteiger partial charge in [-0.1, -0.05) is 13.0 Å². The van der Waals surface area contributed by atoms with Crippen LogP contribution in [0.25, 0.3) is 0 Å². The lowest BCUT2D eigenvalue weighted by atomic mass is 10.0. The summed E-state index contributed by atoms with van der Waals surface area (Å²) < 4.78 is 0. The van der Waals surface area contributed by atoms with Crippen LogP contribution in [0.1, 0.15) is 26.7 Å². The molecule has 0 heterocycles. The Morgan fingerprint density at radius 2 is 2.19 bits per heavy atom. The van der Waals surface area contributed by atoms with Gasteiger partial charge in [-0.2, -0.15) is 0 Å². The van der Waals surface area contributed by atoms with E-state index in [1.54, 1.807) is 0 Å². The highest BCUT2D eigenvalue weighted by molar-refractivity contribution is 4.85. The van der Waals surface area contributed by atoms with Crippen molar-refractivity contribution in [2.75, 3.05) is 26.2 Å². The molecule has 3 heteroatoms. The number of rotatable bonds is 9. The fraction of sp³-hybridized carbons (Fsp3) is 0.846. The molecule has 16 heavy (non-hydrogen) atoms. The van der Waals surface area contributed by atoms with Crippen molar-refractivity contribution in [2.45, 2.75) is 38.8 Å². The molecule has 1 saturated carbocycles. The highest BCUT2D eigenvalue weighted by atomic mass is 16.3. The molecule has 0 aromatic heterocycles. The van der Waals surface area contributed by atoms with Gasteiger partial charge in [-0.05, 0) is 32.2 Å². The molecule has 3 nitrogen and oxygen atoms in total. The predicted octanol–water partition coefficient (Wildman–Crippen LogP) is 1.24. The molecule has 2 unspecified atom stereocenters. The molecule has 2 atom stereocenters. The Kier molecular flexibility index (Phi) is 6.03. The molecule has 1 aliphatic carbocycles. The van der Waals surface area contributed by atoms with Crippen LogP contribution in [0, 0.1) is 5.92 Å². The average molecular weight is 226 g/mol. The largest absolute Gasteiger partial charge is 0.395 e. The second-order valence-corrected chi connectivity index (χ2v) is 4.91. The summed E-state index contributed by atoms with van der Waals surface area (Å²) in [6, 6.07) is 1.26. The second kappa shape index (κ2) is 7.05. The van der Waals surface area contributed by atoms with Crippen molar-refractivity contribution in [1.29, 1.82) is 0 Å². The van der Waals surface area contributed by atoms with Crippen LogP contribution in [0.15, 0.2) is 12.7 Å². The Hall–Kier alpha value is -0.380. The van der Waals surface area contributed by atoms with Crippen molar-refractivity contribution in [2.24, 2.45) is 5.92 Å². The van der Waals surface area contributed by atoms with Gasteiger partial charge in [-0.25, -0.2) is 0 Å². The second-order valence-electron chi connectivity index (χ2n) is 4.91. The number of aliphatic hydroxyl groups excluding tert-OH is 1. The van der Waals surface area contributed by atoms with E-state index in [-0.39, 0.29) is 6.61 Å². The summed E-state index contributed by atoms with van der Waals surface area (Å²) in [6.45, 7) is 11.2. The molecule has 0 spiro atoms. The quantitative estimate of drug-likeness (QED) is 0.581. The maximum Gasteiger partial charge on any atom is 0.0558 e. The standard InChI is InChI=1S/C13H26N2O/c1-4-7-15(8-9-16)12(3)11(2)10-14-13-5-6-13/h4,11-14,16H,1,5-10H2,2-3H3. The van der Waals surface area contributed by atoms with Gasteiger partial charge in [0, 0.05) is 25.2 Å². The first kappa shape index (κ1) is 13.7.